The van der Waals surface area contributed by atoms with Gasteiger partial charge in [0.2, 0.25) is 0 Å². The van der Waals surface area contributed by atoms with E-state index in [1.807, 2.05) is 19.1 Å². The van der Waals surface area contributed by atoms with Crippen molar-refractivity contribution >= 4 is 17.3 Å². The number of nitrogens with zero attached hydrogens (tertiary/aromatic N) is 2. The van der Waals surface area contributed by atoms with Crippen LogP contribution >= 0.6 is 0 Å². The molecule has 0 saturated carbocycles. The smallest absolute Gasteiger partial charge is 0.253 e. The highest BCUT2D eigenvalue weighted by Gasteiger charge is 2.14. The van der Waals surface area contributed by atoms with Crippen molar-refractivity contribution in [2.45, 2.75) is 27.7 Å². The van der Waals surface area contributed by atoms with E-state index in [2.05, 4.69) is 61.7 Å². The molecular formula is C22H28N2O. The molecular weight excluding hydrogens is 308 g/mol. The molecule has 2 aromatic carbocycles. The van der Waals surface area contributed by atoms with E-state index in [4.69, 9.17) is 0 Å². The first-order chi connectivity index (χ1) is 12.0. The van der Waals surface area contributed by atoms with Gasteiger partial charge in [-0.1, -0.05) is 30.8 Å². The highest BCUT2D eigenvalue weighted by molar-refractivity contribution is 6.04. The molecule has 132 valence electrons. The monoisotopic (exact) mass is 336 g/mol. The van der Waals surface area contributed by atoms with Crippen molar-refractivity contribution in [1.29, 1.82) is 0 Å². The number of rotatable bonds is 7. The molecule has 2 aromatic rings. The fourth-order valence-electron chi connectivity index (χ4n) is 2.96. The first kappa shape index (κ1) is 18.8. The lowest BCUT2D eigenvalue weighted by atomic mass is 10.0. The fraction of sp³-hybridized carbons (Fsp3) is 0.318. The van der Waals surface area contributed by atoms with Gasteiger partial charge in [0.25, 0.3) is 5.91 Å². The molecule has 0 saturated heterocycles. The van der Waals surface area contributed by atoms with Gasteiger partial charge in [-0.25, -0.2) is 0 Å². The third kappa shape index (κ3) is 4.30. The Bertz CT molecular complexity index is 713. The van der Waals surface area contributed by atoms with Crippen LogP contribution < -0.4 is 9.80 Å². The van der Waals surface area contributed by atoms with Crippen molar-refractivity contribution in [1.82, 2.24) is 0 Å². The maximum atomic E-state index is 12.2. The molecule has 0 N–H and O–H groups in total. The minimum Gasteiger partial charge on any atom is -0.372 e. The SMILES string of the molecule is C=C(C)C(=O)N(CC)c1ccc(-c2ccc(N(CC)CC)cc2)cc1. The van der Waals surface area contributed by atoms with Gasteiger partial charge in [-0.15, -0.1) is 0 Å². The highest BCUT2D eigenvalue weighted by Crippen LogP contribution is 2.26. The lowest BCUT2D eigenvalue weighted by molar-refractivity contribution is -0.115. The molecule has 3 nitrogen and oxygen atoms in total. The highest BCUT2D eigenvalue weighted by atomic mass is 16.2. The van der Waals surface area contributed by atoms with Crippen molar-refractivity contribution < 1.29 is 4.79 Å². The molecule has 0 fully saturated rings. The Balaban J connectivity index is 2.22. The van der Waals surface area contributed by atoms with Crippen molar-refractivity contribution in [3.8, 4) is 11.1 Å². The van der Waals surface area contributed by atoms with E-state index in [1.54, 1.807) is 11.8 Å². The average Bonchev–Trinajstić information content (AvgIpc) is 2.64. The van der Waals surface area contributed by atoms with Crippen LogP contribution in [0.4, 0.5) is 11.4 Å². The number of hydrogen-bond acceptors (Lipinski definition) is 2. The van der Waals surface area contributed by atoms with Gasteiger partial charge >= 0.3 is 0 Å². The van der Waals surface area contributed by atoms with Crippen LogP contribution in [0.5, 0.6) is 0 Å². The first-order valence-electron chi connectivity index (χ1n) is 8.94. The standard InChI is InChI=1S/C22H28N2O/c1-6-23(7-2)20-13-9-18(10-14-20)19-11-15-21(16-12-19)24(8-3)22(25)17(4)5/h9-16H,4,6-8H2,1-3,5H3. The molecule has 0 aliphatic heterocycles. The maximum absolute atomic E-state index is 12.2. The summed E-state index contributed by atoms with van der Waals surface area (Å²) < 4.78 is 0. The molecule has 0 heterocycles. The molecule has 0 aliphatic rings. The third-order valence-corrected chi connectivity index (χ3v) is 4.43. The van der Waals surface area contributed by atoms with E-state index in [-0.39, 0.29) is 5.91 Å². The van der Waals surface area contributed by atoms with E-state index in [0.29, 0.717) is 12.1 Å². The molecule has 1 amide bonds. The fourth-order valence-corrected chi connectivity index (χ4v) is 2.96. The van der Waals surface area contributed by atoms with Gasteiger partial charge in [-0.05, 0) is 63.1 Å². The number of carbonyl (C=O) groups excluding carboxylic acids is 1. The Morgan fingerprint density at radius 1 is 0.800 bits per heavy atom. The lowest BCUT2D eigenvalue weighted by Crippen LogP contribution is -2.30. The predicted octanol–water partition coefficient (Wildman–Crippen LogP) is 5.13. The normalized spacial score (nSPS) is 10.4. The van der Waals surface area contributed by atoms with Crippen molar-refractivity contribution in [2.24, 2.45) is 0 Å². The molecule has 0 spiro atoms. The second-order valence-electron chi connectivity index (χ2n) is 6.10. The summed E-state index contributed by atoms with van der Waals surface area (Å²) in [5, 5.41) is 0. The topological polar surface area (TPSA) is 23.6 Å². The zero-order chi connectivity index (χ0) is 18.4. The Labute approximate surface area is 151 Å². The molecule has 0 aliphatic carbocycles. The first-order valence-corrected chi connectivity index (χ1v) is 8.94. The predicted molar refractivity (Wildman–Crippen MR) is 108 cm³/mol. The second-order valence-corrected chi connectivity index (χ2v) is 6.10. The molecule has 0 aromatic heterocycles. The summed E-state index contributed by atoms with van der Waals surface area (Å²) in [6.07, 6.45) is 0. The van der Waals surface area contributed by atoms with Gasteiger partial charge in [0.1, 0.15) is 0 Å². The van der Waals surface area contributed by atoms with Crippen LogP contribution in [0.15, 0.2) is 60.7 Å². The number of carbonyl (C=O) groups is 1. The van der Waals surface area contributed by atoms with Gasteiger partial charge in [0, 0.05) is 36.6 Å². The zero-order valence-electron chi connectivity index (χ0n) is 15.7. The number of benzene rings is 2. The lowest BCUT2D eigenvalue weighted by Gasteiger charge is -2.22. The molecule has 0 radical (unpaired) electrons. The summed E-state index contributed by atoms with van der Waals surface area (Å²) in [4.78, 5) is 16.3. The summed E-state index contributed by atoms with van der Waals surface area (Å²) in [6, 6.07) is 16.8. The molecule has 0 unspecified atom stereocenters. The molecule has 0 atom stereocenters. The van der Waals surface area contributed by atoms with E-state index < -0.39 is 0 Å². The Morgan fingerprint density at radius 3 is 1.60 bits per heavy atom. The van der Waals surface area contributed by atoms with Crippen LogP contribution in [0.3, 0.4) is 0 Å². The van der Waals surface area contributed by atoms with Gasteiger partial charge in [-0.2, -0.15) is 0 Å². The summed E-state index contributed by atoms with van der Waals surface area (Å²) in [7, 11) is 0. The quantitative estimate of drug-likeness (QED) is 0.655. The van der Waals surface area contributed by atoms with Crippen LogP contribution in [0.1, 0.15) is 27.7 Å². The van der Waals surface area contributed by atoms with Crippen LogP contribution in [-0.4, -0.2) is 25.5 Å². The summed E-state index contributed by atoms with van der Waals surface area (Å²) in [5.41, 5.74) is 5.02. The van der Waals surface area contributed by atoms with E-state index in [9.17, 15) is 4.79 Å². The van der Waals surface area contributed by atoms with E-state index >= 15 is 0 Å². The molecule has 0 bridgehead atoms. The van der Waals surface area contributed by atoms with Gasteiger partial charge in [0.05, 0.1) is 0 Å². The maximum Gasteiger partial charge on any atom is 0.253 e. The summed E-state index contributed by atoms with van der Waals surface area (Å²) >= 11 is 0. The van der Waals surface area contributed by atoms with E-state index in [1.165, 1.54) is 11.3 Å². The van der Waals surface area contributed by atoms with Gasteiger partial charge in [0.15, 0.2) is 0 Å². The average molecular weight is 336 g/mol. The number of amides is 1. The van der Waals surface area contributed by atoms with Crippen molar-refractivity contribution in [2.75, 3.05) is 29.4 Å². The largest absolute Gasteiger partial charge is 0.372 e. The summed E-state index contributed by atoms with van der Waals surface area (Å²) in [6.45, 7) is 14.5. The van der Waals surface area contributed by atoms with E-state index in [0.717, 1.165) is 24.3 Å². The molecule has 25 heavy (non-hydrogen) atoms. The van der Waals surface area contributed by atoms with Crippen LogP contribution in [-0.2, 0) is 4.79 Å². The zero-order valence-corrected chi connectivity index (χ0v) is 15.7. The number of likely N-dealkylation sites (N-methyl/N-ethyl adjacent to an activating group) is 1. The van der Waals surface area contributed by atoms with Gasteiger partial charge < -0.3 is 9.80 Å². The van der Waals surface area contributed by atoms with Crippen LogP contribution in [0.25, 0.3) is 11.1 Å². The van der Waals surface area contributed by atoms with Crippen LogP contribution in [0, 0.1) is 0 Å². The number of hydrogen-bond donors (Lipinski definition) is 0. The van der Waals surface area contributed by atoms with Crippen LogP contribution in [0.2, 0.25) is 0 Å². The molecule has 2 rings (SSSR count). The Morgan fingerprint density at radius 2 is 1.24 bits per heavy atom. The Hall–Kier alpha value is -2.55. The Kier molecular flexibility index (Phi) is 6.40. The molecule has 3 heteroatoms. The van der Waals surface area contributed by atoms with Crippen molar-refractivity contribution in [3.63, 3.8) is 0 Å². The van der Waals surface area contributed by atoms with Crippen molar-refractivity contribution in [3.05, 3.63) is 60.7 Å². The minimum absolute atomic E-state index is 0.0289. The third-order valence-electron chi connectivity index (χ3n) is 4.43. The minimum atomic E-state index is -0.0289. The second kappa shape index (κ2) is 8.52. The number of anilines is 2. The van der Waals surface area contributed by atoms with Gasteiger partial charge in [-0.3, -0.25) is 4.79 Å². The summed E-state index contributed by atoms with van der Waals surface area (Å²) in [5.74, 6) is -0.0289.